The van der Waals surface area contributed by atoms with Crippen LogP contribution in [0.15, 0.2) is 41.8 Å². The van der Waals surface area contributed by atoms with Gasteiger partial charge in [-0.1, -0.05) is 17.8 Å². The van der Waals surface area contributed by atoms with Crippen LogP contribution in [0.2, 0.25) is 0 Å². The lowest BCUT2D eigenvalue weighted by Crippen LogP contribution is -2.24. The van der Waals surface area contributed by atoms with E-state index in [9.17, 15) is 5.11 Å². The molecule has 0 bridgehead atoms. The SMILES string of the molecule is Cc1cncc(-c2cc(CCNc3nc(C)nc4c3nc3n4C(C)(C)CS3)ccc2O)c1. The van der Waals surface area contributed by atoms with Gasteiger partial charge in [-0.2, -0.15) is 0 Å². The van der Waals surface area contributed by atoms with Crippen LogP contribution in [-0.4, -0.2) is 41.9 Å². The first kappa shape index (κ1) is 20.8. The number of anilines is 1. The molecule has 0 radical (unpaired) electrons. The monoisotopic (exact) mass is 446 g/mol. The van der Waals surface area contributed by atoms with Crippen molar-refractivity contribution in [2.75, 3.05) is 17.6 Å². The number of aromatic nitrogens is 5. The number of thioether (sulfide) groups is 1. The minimum absolute atomic E-state index is 0.0140. The Morgan fingerprint density at radius 1 is 1.12 bits per heavy atom. The van der Waals surface area contributed by atoms with Gasteiger partial charge in [-0.3, -0.25) is 9.55 Å². The van der Waals surface area contributed by atoms with Gasteiger partial charge in [0.1, 0.15) is 11.6 Å². The zero-order valence-corrected chi connectivity index (χ0v) is 19.5. The summed E-state index contributed by atoms with van der Waals surface area (Å²) < 4.78 is 2.23. The topological polar surface area (TPSA) is 88.8 Å². The minimum Gasteiger partial charge on any atom is -0.507 e. The van der Waals surface area contributed by atoms with Gasteiger partial charge in [0.15, 0.2) is 22.1 Å². The van der Waals surface area contributed by atoms with Crippen molar-refractivity contribution in [2.24, 2.45) is 0 Å². The maximum absolute atomic E-state index is 10.4. The Labute approximate surface area is 191 Å². The zero-order chi connectivity index (χ0) is 22.5. The van der Waals surface area contributed by atoms with Crippen LogP contribution < -0.4 is 5.32 Å². The molecule has 164 valence electrons. The zero-order valence-electron chi connectivity index (χ0n) is 18.7. The van der Waals surface area contributed by atoms with Gasteiger partial charge in [0.25, 0.3) is 0 Å². The summed E-state index contributed by atoms with van der Waals surface area (Å²) in [5.41, 5.74) is 5.59. The predicted octanol–water partition coefficient (Wildman–Crippen LogP) is 4.71. The van der Waals surface area contributed by atoms with Crippen molar-refractivity contribution in [3.63, 3.8) is 0 Å². The third kappa shape index (κ3) is 3.68. The molecule has 7 nitrogen and oxygen atoms in total. The van der Waals surface area contributed by atoms with Crippen LogP contribution in [0, 0.1) is 13.8 Å². The second-order valence-corrected chi connectivity index (χ2v) is 9.84. The van der Waals surface area contributed by atoms with Gasteiger partial charge in [0.05, 0.1) is 5.54 Å². The summed E-state index contributed by atoms with van der Waals surface area (Å²) in [6, 6.07) is 7.76. The number of nitrogens with one attached hydrogen (secondary N) is 1. The van der Waals surface area contributed by atoms with Crippen molar-refractivity contribution in [2.45, 2.75) is 44.8 Å². The average molecular weight is 447 g/mol. The number of aryl methyl sites for hydroxylation is 2. The van der Waals surface area contributed by atoms with Gasteiger partial charge in [-0.15, -0.1) is 0 Å². The lowest BCUT2D eigenvalue weighted by atomic mass is 10.0. The van der Waals surface area contributed by atoms with E-state index in [4.69, 9.17) is 9.97 Å². The largest absolute Gasteiger partial charge is 0.507 e. The van der Waals surface area contributed by atoms with Gasteiger partial charge in [0.2, 0.25) is 0 Å². The minimum atomic E-state index is -0.0140. The molecular formula is C24H26N6OS. The number of hydrogen-bond donors (Lipinski definition) is 2. The molecule has 0 saturated heterocycles. The number of rotatable bonds is 5. The van der Waals surface area contributed by atoms with Crippen molar-refractivity contribution in [3.05, 3.63) is 53.6 Å². The van der Waals surface area contributed by atoms with Crippen LogP contribution >= 0.6 is 11.8 Å². The molecule has 0 spiro atoms. The van der Waals surface area contributed by atoms with E-state index in [0.29, 0.717) is 6.54 Å². The van der Waals surface area contributed by atoms with Crippen molar-refractivity contribution in [1.29, 1.82) is 0 Å². The fraction of sp³-hybridized carbons (Fsp3) is 0.333. The molecule has 3 aromatic heterocycles. The molecule has 1 aromatic carbocycles. The average Bonchev–Trinajstić information content (AvgIpc) is 3.26. The Kier molecular flexibility index (Phi) is 5.04. The van der Waals surface area contributed by atoms with Crippen LogP contribution in [0.4, 0.5) is 5.82 Å². The van der Waals surface area contributed by atoms with E-state index in [1.807, 2.05) is 38.2 Å². The van der Waals surface area contributed by atoms with Crippen LogP contribution in [-0.2, 0) is 12.0 Å². The van der Waals surface area contributed by atoms with E-state index >= 15 is 0 Å². The Bertz CT molecular complexity index is 1330. The molecule has 0 aliphatic carbocycles. The van der Waals surface area contributed by atoms with Gasteiger partial charge in [-0.25, -0.2) is 15.0 Å². The Morgan fingerprint density at radius 2 is 1.97 bits per heavy atom. The van der Waals surface area contributed by atoms with Crippen molar-refractivity contribution >= 4 is 28.7 Å². The fourth-order valence-electron chi connectivity index (χ4n) is 4.12. The molecule has 0 atom stereocenters. The summed E-state index contributed by atoms with van der Waals surface area (Å²) >= 11 is 1.77. The molecule has 2 N–H and O–H groups in total. The summed E-state index contributed by atoms with van der Waals surface area (Å²) in [7, 11) is 0. The summed E-state index contributed by atoms with van der Waals surface area (Å²) in [4.78, 5) is 18.4. The highest BCUT2D eigenvalue weighted by molar-refractivity contribution is 7.99. The summed E-state index contributed by atoms with van der Waals surface area (Å²) in [6.45, 7) is 9.04. The van der Waals surface area contributed by atoms with E-state index in [-0.39, 0.29) is 11.3 Å². The smallest absolute Gasteiger partial charge is 0.171 e. The first-order valence-corrected chi connectivity index (χ1v) is 11.7. The molecule has 32 heavy (non-hydrogen) atoms. The van der Waals surface area contributed by atoms with Crippen molar-refractivity contribution < 1.29 is 5.11 Å². The molecule has 0 amide bonds. The molecule has 0 saturated carbocycles. The van der Waals surface area contributed by atoms with E-state index < -0.39 is 0 Å². The van der Waals surface area contributed by atoms with Crippen LogP contribution in [0.25, 0.3) is 22.3 Å². The lowest BCUT2D eigenvalue weighted by molar-refractivity contribution is 0.404. The molecule has 1 aliphatic rings. The first-order chi connectivity index (χ1) is 15.3. The number of benzene rings is 1. The maximum atomic E-state index is 10.4. The first-order valence-electron chi connectivity index (χ1n) is 10.7. The number of phenols is 1. The van der Waals surface area contributed by atoms with Gasteiger partial charge in [-0.05, 0) is 63.4 Å². The maximum Gasteiger partial charge on any atom is 0.171 e. The quantitative estimate of drug-likeness (QED) is 0.459. The Morgan fingerprint density at radius 3 is 2.78 bits per heavy atom. The van der Waals surface area contributed by atoms with E-state index in [0.717, 1.165) is 62.4 Å². The van der Waals surface area contributed by atoms with E-state index in [1.165, 1.54) is 0 Å². The van der Waals surface area contributed by atoms with Crippen LogP contribution in [0.3, 0.4) is 0 Å². The van der Waals surface area contributed by atoms with Gasteiger partial charge < -0.3 is 10.4 Å². The Balaban J connectivity index is 1.38. The van der Waals surface area contributed by atoms with Crippen molar-refractivity contribution in [3.8, 4) is 16.9 Å². The number of aromatic hydroxyl groups is 1. The normalized spacial score (nSPS) is 14.6. The molecule has 5 rings (SSSR count). The Hall–Kier alpha value is -3.13. The second kappa shape index (κ2) is 7.78. The third-order valence-electron chi connectivity index (χ3n) is 5.70. The number of nitrogens with zero attached hydrogens (tertiary/aromatic N) is 5. The number of pyridine rings is 1. The lowest BCUT2D eigenvalue weighted by Gasteiger charge is -2.20. The number of hydrogen-bond acceptors (Lipinski definition) is 7. The molecule has 4 heterocycles. The molecule has 4 aromatic rings. The van der Waals surface area contributed by atoms with Crippen LogP contribution in [0.5, 0.6) is 5.75 Å². The molecule has 1 aliphatic heterocycles. The summed E-state index contributed by atoms with van der Waals surface area (Å²) in [5, 5.41) is 14.8. The standard InChI is InChI=1S/C24H26N6OS/c1-14-9-17(12-25-11-14)18-10-16(5-6-19(18)31)7-8-26-21-20-22(28-15(2)27-21)30-23(29-20)32-13-24(30,3)4/h5-6,9-12,31H,7-8,13H2,1-4H3,(H,26,27,28). The van der Waals surface area contributed by atoms with E-state index in [2.05, 4.69) is 33.7 Å². The highest BCUT2D eigenvalue weighted by atomic mass is 32.2. The molecule has 0 fully saturated rings. The predicted molar refractivity (Wildman–Crippen MR) is 128 cm³/mol. The number of phenolic OH excluding ortho intramolecular Hbond substituents is 1. The van der Waals surface area contributed by atoms with Gasteiger partial charge >= 0.3 is 0 Å². The molecular weight excluding hydrogens is 420 g/mol. The highest BCUT2D eigenvalue weighted by Crippen LogP contribution is 2.40. The number of imidazole rings is 1. The van der Waals surface area contributed by atoms with Crippen molar-refractivity contribution in [1.82, 2.24) is 24.5 Å². The number of fused-ring (bicyclic) bond motifs is 3. The van der Waals surface area contributed by atoms with Crippen LogP contribution in [0.1, 0.15) is 30.8 Å². The summed E-state index contributed by atoms with van der Waals surface area (Å²) in [6.07, 6.45) is 4.37. The van der Waals surface area contributed by atoms with E-state index in [1.54, 1.807) is 24.0 Å². The fourth-order valence-corrected chi connectivity index (χ4v) is 5.35. The summed E-state index contributed by atoms with van der Waals surface area (Å²) in [5.74, 6) is 2.76. The molecule has 0 unspecified atom stereocenters. The third-order valence-corrected chi connectivity index (χ3v) is 7.08. The highest BCUT2D eigenvalue weighted by Gasteiger charge is 2.34. The van der Waals surface area contributed by atoms with Gasteiger partial charge in [0, 0.05) is 35.8 Å². The molecule has 8 heteroatoms. The second-order valence-electron chi connectivity index (χ2n) is 8.90.